The second-order valence-electron chi connectivity index (χ2n) is 7.88. The maximum atomic E-state index is 13.0. The van der Waals surface area contributed by atoms with Crippen LogP contribution in [0.3, 0.4) is 0 Å². The summed E-state index contributed by atoms with van der Waals surface area (Å²) in [4.78, 5) is 19.9. The van der Waals surface area contributed by atoms with E-state index in [0.29, 0.717) is 23.6 Å². The lowest BCUT2D eigenvalue weighted by molar-refractivity contribution is -0.139. The van der Waals surface area contributed by atoms with Crippen molar-refractivity contribution < 1.29 is 4.79 Å². The Labute approximate surface area is 157 Å². The highest BCUT2D eigenvalue weighted by Crippen LogP contribution is 2.26. The van der Waals surface area contributed by atoms with Crippen LogP contribution in [0.25, 0.3) is 0 Å². The average Bonchev–Trinajstić information content (AvgIpc) is 2.67. The first-order chi connectivity index (χ1) is 12.5. The van der Waals surface area contributed by atoms with Crippen molar-refractivity contribution >= 4 is 11.6 Å². The Kier molecular flexibility index (Phi) is 5.83. The highest BCUT2D eigenvalue weighted by molar-refractivity contribution is 5.79. The van der Waals surface area contributed by atoms with Gasteiger partial charge < -0.3 is 9.80 Å². The molecule has 2 fully saturated rings. The van der Waals surface area contributed by atoms with Gasteiger partial charge in [0.2, 0.25) is 5.91 Å². The SMILES string of the molecule is CC(C)N1CCN(C(=O)C2CCN(c3ccc(C#N)cc3)CC2)CC1C. The lowest BCUT2D eigenvalue weighted by Crippen LogP contribution is -2.57. The Morgan fingerprint density at radius 2 is 1.77 bits per heavy atom. The minimum Gasteiger partial charge on any atom is -0.371 e. The number of piperazine rings is 1. The maximum Gasteiger partial charge on any atom is 0.225 e. The van der Waals surface area contributed by atoms with Crippen molar-refractivity contribution in [3.8, 4) is 6.07 Å². The molecule has 2 saturated heterocycles. The van der Waals surface area contributed by atoms with E-state index in [9.17, 15) is 4.79 Å². The number of carbonyl (C=O) groups excluding carboxylic acids is 1. The average molecular weight is 354 g/mol. The molecule has 0 aliphatic carbocycles. The van der Waals surface area contributed by atoms with Crippen LogP contribution in [0.1, 0.15) is 39.2 Å². The van der Waals surface area contributed by atoms with Crippen molar-refractivity contribution in [2.24, 2.45) is 5.92 Å². The topological polar surface area (TPSA) is 50.6 Å². The molecule has 2 aliphatic rings. The van der Waals surface area contributed by atoms with E-state index >= 15 is 0 Å². The third-order valence-corrected chi connectivity index (χ3v) is 5.86. The fraction of sp³-hybridized carbons (Fsp3) is 0.619. The summed E-state index contributed by atoms with van der Waals surface area (Å²) in [7, 11) is 0. The molecule has 0 radical (unpaired) electrons. The molecule has 0 bridgehead atoms. The maximum absolute atomic E-state index is 13.0. The van der Waals surface area contributed by atoms with E-state index in [1.165, 1.54) is 0 Å². The summed E-state index contributed by atoms with van der Waals surface area (Å²) in [5.74, 6) is 0.502. The van der Waals surface area contributed by atoms with E-state index in [1.807, 2.05) is 24.3 Å². The number of amides is 1. The molecule has 0 spiro atoms. The van der Waals surface area contributed by atoms with Gasteiger partial charge in [0.05, 0.1) is 11.6 Å². The van der Waals surface area contributed by atoms with Crippen LogP contribution >= 0.6 is 0 Å². The summed E-state index contributed by atoms with van der Waals surface area (Å²) in [5, 5.41) is 8.92. The summed E-state index contributed by atoms with van der Waals surface area (Å²) >= 11 is 0. The molecule has 1 unspecified atom stereocenters. The molecule has 5 heteroatoms. The zero-order valence-corrected chi connectivity index (χ0v) is 16.2. The summed E-state index contributed by atoms with van der Waals surface area (Å²) in [6.45, 7) is 11.2. The van der Waals surface area contributed by atoms with Gasteiger partial charge in [0, 0.05) is 56.4 Å². The summed E-state index contributed by atoms with van der Waals surface area (Å²) in [6.07, 6.45) is 1.83. The first kappa shape index (κ1) is 18.7. The van der Waals surface area contributed by atoms with Crippen LogP contribution in [-0.2, 0) is 4.79 Å². The van der Waals surface area contributed by atoms with Crippen LogP contribution in [0.15, 0.2) is 24.3 Å². The second-order valence-corrected chi connectivity index (χ2v) is 7.88. The number of rotatable bonds is 3. The number of hydrogen-bond acceptors (Lipinski definition) is 4. The molecule has 1 atom stereocenters. The lowest BCUT2D eigenvalue weighted by atomic mass is 9.94. The van der Waals surface area contributed by atoms with Gasteiger partial charge in [-0.25, -0.2) is 0 Å². The van der Waals surface area contributed by atoms with Crippen LogP contribution < -0.4 is 4.90 Å². The van der Waals surface area contributed by atoms with E-state index in [-0.39, 0.29) is 5.92 Å². The van der Waals surface area contributed by atoms with Crippen LogP contribution in [-0.4, -0.2) is 60.5 Å². The standard InChI is InChI=1S/C21H30N4O/c1-16(2)25-13-12-24(15-17(25)3)21(26)19-8-10-23(11-9-19)20-6-4-18(14-22)5-7-20/h4-7,16-17,19H,8-13,15H2,1-3H3. The highest BCUT2D eigenvalue weighted by Gasteiger charge is 2.33. The first-order valence-corrected chi connectivity index (χ1v) is 9.79. The molecule has 1 aromatic rings. The Morgan fingerprint density at radius 3 is 2.31 bits per heavy atom. The molecule has 2 heterocycles. The molecular formula is C21H30N4O. The summed E-state index contributed by atoms with van der Waals surface area (Å²) in [6, 6.07) is 10.9. The van der Waals surface area contributed by atoms with E-state index in [1.54, 1.807) is 0 Å². The van der Waals surface area contributed by atoms with Gasteiger partial charge in [-0.05, 0) is 57.9 Å². The minimum atomic E-state index is 0.155. The smallest absolute Gasteiger partial charge is 0.225 e. The number of nitrogens with zero attached hydrogens (tertiary/aromatic N) is 4. The number of piperidine rings is 1. The van der Waals surface area contributed by atoms with Gasteiger partial charge in [-0.3, -0.25) is 9.69 Å². The van der Waals surface area contributed by atoms with Gasteiger partial charge >= 0.3 is 0 Å². The van der Waals surface area contributed by atoms with Crippen LogP contribution in [0.4, 0.5) is 5.69 Å². The molecule has 0 aromatic heterocycles. The Hall–Kier alpha value is -2.06. The predicted molar refractivity (Wildman–Crippen MR) is 104 cm³/mol. The quantitative estimate of drug-likeness (QED) is 0.837. The molecule has 0 saturated carbocycles. The number of nitriles is 1. The number of anilines is 1. The first-order valence-electron chi connectivity index (χ1n) is 9.79. The van der Waals surface area contributed by atoms with Crippen molar-refractivity contribution in [1.29, 1.82) is 5.26 Å². The third-order valence-electron chi connectivity index (χ3n) is 5.86. The fourth-order valence-electron chi connectivity index (χ4n) is 4.33. The van der Waals surface area contributed by atoms with Gasteiger partial charge in [-0.15, -0.1) is 0 Å². The largest absolute Gasteiger partial charge is 0.371 e. The van der Waals surface area contributed by atoms with Crippen molar-refractivity contribution in [2.45, 2.75) is 45.7 Å². The highest BCUT2D eigenvalue weighted by atomic mass is 16.2. The molecule has 26 heavy (non-hydrogen) atoms. The van der Waals surface area contributed by atoms with Gasteiger partial charge in [0.15, 0.2) is 0 Å². The summed E-state index contributed by atoms with van der Waals surface area (Å²) < 4.78 is 0. The molecule has 140 valence electrons. The van der Waals surface area contributed by atoms with Crippen LogP contribution in [0, 0.1) is 17.2 Å². The normalized spacial score (nSPS) is 22.5. The van der Waals surface area contributed by atoms with Gasteiger partial charge in [-0.2, -0.15) is 5.26 Å². The predicted octanol–water partition coefficient (Wildman–Crippen LogP) is 2.72. The third kappa shape index (κ3) is 4.02. The molecule has 1 aromatic carbocycles. The van der Waals surface area contributed by atoms with Crippen LogP contribution in [0.5, 0.6) is 0 Å². The molecule has 1 amide bonds. The van der Waals surface area contributed by atoms with Crippen molar-refractivity contribution in [2.75, 3.05) is 37.6 Å². The molecule has 0 N–H and O–H groups in total. The van der Waals surface area contributed by atoms with Gasteiger partial charge in [0.1, 0.15) is 0 Å². The summed E-state index contributed by atoms with van der Waals surface area (Å²) in [5.41, 5.74) is 1.84. The zero-order chi connectivity index (χ0) is 18.7. The van der Waals surface area contributed by atoms with Crippen molar-refractivity contribution in [1.82, 2.24) is 9.80 Å². The Bertz CT molecular complexity index is 656. The van der Waals surface area contributed by atoms with Gasteiger partial charge in [0.25, 0.3) is 0 Å². The fourth-order valence-corrected chi connectivity index (χ4v) is 4.33. The number of benzene rings is 1. The molecule has 5 nitrogen and oxygen atoms in total. The van der Waals surface area contributed by atoms with E-state index in [4.69, 9.17) is 5.26 Å². The van der Waals surface area contributed by atoms with Crippen molar-refractivity contribution in [3.63, 3.8) is 0 Å². The Balaban J connectivity index is 1.53. The van der Waals surface area contributed by atoms with Crippen LogP contribution in [0.2, 0.25) is 0 Å². The van der Waals surface area contributed by atoms with E-state index in [2.05, 4.69) is 41.5 Å². The van der Waals surface area contributed by atoms with Gasteiger partial charge in [-0.1, -0.05) is 0 Å². The lowest BCUT2D eigenvalue weighted by Gasteiger charge is -2.43. The second kappa shape index (κ2) is 8.09. The minimum absolute atomic E-state index is 0.155. The Morgan fingerprint density at radius 1 is 1.12 bits per heavy atom. The molecular weight excluding hydrogens is 324 g/mol. The number of carbonyl (C=O) groups is 1. The van der Waals surface area contributed by atoms with Crippen molar-refractivity contribution in [3.05, 3.63) is 29.8 Å². The number of hydrogen-bond donors (Lipinski definition) is 0. The van der Waals surface area contributed by atoms with E-state index < -0.39 is 0 Å². The molecule has 3 rings (SSSR count). The monoisotopic (exact) mass is 354 g/mol. The molecule has 2 aliphatic heterocycles. The van der Waals surface area contributed by atoms with E-state index in [0.717, 1.165) is 51.3 Å². The zero-order valence-electron chi connectivity index (χ0n) is 16.2.